The van der Waals surface area contributed by atoms with E-state index in [2.05, 4.69) is 5.32 Å². The van der Waals surface area contributed by atoms with Crippen molar-refractivity contribution in [2.75, 3.05) is 13.1 Å². The normalized spacial score (nSPS) is 13.1. The molecule has 0 fully saturated rings. The topological polar surface area (TPSA) is 116 Å². The molecule has 2 atom stereocenters. The van der Waals surface area contributed by atoms with Crippen molar-refractivity contribution in [2.45, 2.75) is 58.8 Å². The van der Waals surface area contributed by atoms with Crippen molar-refractivity contribution in [1.82, 2.24) is 10.2 Å². The van der Waals surface area contributed by atoms with E-state index in [1.165, 1.54) is 4.90 Å². The summed E-state index contributed by atoms with van der Waals surface area (Å²) in [4.78, 5) is 38.3. The zero-order chi connectivity index (χ0) is 26.2. The molecule has 190 valence electrons. The van der Waals surface area contributed by atoms with Gasteiger partial charge in [0.25, 0.3) is 0 Å². The number of carboxylic acid groups (broad SMARTS) is 1. The first-order chi connectivity index (χ1) is 16.4. The largest absolute Gasteiger partial charge is 0.479 e. The summed E-state index contributed by atoms with van der Waals surface area (Å²) in [7, 11) is 0. The number of carboxylic acids is 1. The molecule has 2 aromatic rings. The highest BCUT2D eigenvalue weighted by Crippen LogP contribution is 2.20. The van der Waals surface area contributed by atoms with Crippen LogP contribution in [0.2, 0.25) is 0 Å². The predicted molar refractivity (Wildman–Crippen MR) is 134 cm³/mol. The van der Waals surface area contributed by atoms with Gasteiger partial charge in [-0.3, -0.25) is 0 Å². The molecule has 0 saturated carbocycles. The number of carbonyl (C=O) groups excluding carboxylic acids is 2. The van der Waals surface area contributed by atoms with Crippen LogP contribution in [-0.4, -0.2) is 63.9 Å². The first-order valence-electron chi connectivity index (χ1n) is 11.7. The van der Waals surface area contributed by atoms with E-state index in [0.29, 0.717) is 0 Å². The quantitative estimate of drug-likeness (QED) is 0.443. The van der Waals surface area contributed by atoms with Gasteiger partial charge in [-0.1, -0.05) is 68.4 Å². The zero-order valence-electron chi connectivity index (χ0n) is 21.0. The van der Waals surface area contributed by atoms with E-state index >= 15 is 0 Å². The molecular formula is C27H36N2O6. The number of carbonyl (C=O) groups is 3. The van der Waals surface area contributed by atoms with Gasteiger partial charge in [-0.2, -0.15) is 0 Å². The Morgan fingerprint density at radius 3 is 2.03 bits per heavy atom. The van der Waals surface area contributed by atoms with Crippen LogP contribution in [0.25, 0.3) is 11.1 Å². The minimum atomic E-state index is -1.73. The average molecular weight is 485 g/mol. The molecule has 0 heterocycles. The number of esters is 1. The molecule has 2 rings (SSSR count). The number of hydrogen-bond donors (Lipinski definition) is 3. The summed E-state index contributed by atoms with van der Waals surface area (Å²) in [6.07, 6.45) is -1.54. The SMILES string of the molecule is CC(C)CN(CC(O)C(=O)O)C(=O)N[C@@H](Cc1ccc(-c2ccccc2)cc1)C(=O)OC(C)(C)C. The average Bonchev–Trinajstić information content (AvgIpc) is 2.77. The number of aliphatic hydroxyl groups is 1. The molecule has 0 aliphatic carbocycles. The van der Waals surface area contributed by atoms with E-state index in [1.54, 1.807) is 20.8 Å². The zero-order valence-corrected chi connectivity index (χ0v) is 21.0. The molecule has 0 aliphatic heterocycles. The van der Waals surface area contributed by atoms with Crippen molar-refractivity contribution in [2.24, 2.45) is 5.92 Å². The number of nitrogens with one attached hydrogen (secondary N) is 1. The van der Waals surface area contributed by atoms with Crippen LogP contribution in [0.4, 0.5) is 4.79 Å². The third-order valence-corrected chi connectivity index (χ3v) is 5.04. The molecule has 2 aromatic carbocycles. The second kappa shape index (κ2) is 12.4. The molecule has 35 heavy (non-hydrogen) atoms. The summed E-state index contributed by atoms with van der Waals surface area (Å²) in [5.41, 5.74) is 2.16. The smallest absolute Gasteiger partial charge is 0.334 e. The molecule has 0 aliphatic rings. The number of ether oxygens (including phenoxy) is 1. The van der Waals surface area contributed by atoms with Gasteiger partial charge >= 0.3 is 18.0 Å². The Hall–Kier alpha value is -3.39. The molecule has 0 saturated heterocycles. The molecule has 8 heteroatoms. The molecule has 8 nitrogen and oxygen atoms in total. The predicted octanol–water partition coefficient (Wildman–Crippen LogP) is 3.72. The molecule has 3 N–H and O–H groups in total. The number of aliphatic hydroxyl groups excluding tert-OH is 1. The number of benzene rings is 2. The fraction of sp³-hybridized carbons (Fsp3) is 0.444. The fourth-order valence-electron chi connectivity index (χ4n) is 3.47. The van der Waals surface area contributed by atoms with Crippen LogP contribution >= 0.6 is 0 Å². The number of nitrogens with zero attached hydrogens (tertiary/aromatic N) is 1. The number of hydrogen-bond acceptors (Lipinski definition) is 5. The number of rotatable bonds is 10. The second-order valence-corrected chi connectivity index (χ2v) is 9.96. The van der Waals surface area contributed by atoms with Gasteiger partial charge in [-0.25, -0.2) is 14.4 Å². The van der Waals surface area contributed by atoms with Crippen LogP contribution in [0.5, 0.6) is 0 Å². The van der Waals surface area contributed by atoms with E-state index in [-0.39, 0.29) is 18.9 Å². The van der Waals surface area contributed by atoms with E-state index < -0.39 is 42.3 Å². The lowest BCUT2D eigenvalue weighted by Gasteiger charge is -2.29. The van der Waals surface area contributed by atoms with Crippen LogP contribution in [0.15, 0.2) is 54.6 Å². The lowest BCUT2D eigenvalue weighted by Crippen LogP contribution is -2.53. The Kier molecular flexibility index (Phi) is 9.83. The highest BCUT2D eigenvalue weighted by molar-refractivity contribution is 5.84. The second-order valence-electron chi connectivity index (χ2n) is 9.96. The maximum Gasteiger partial charge on any atom is 0.334 e. The Balaban J connectivity index is 2.23. The van der Waals surface area contributed by atoms with Gasteiger partial charge in [0.1, 0.15) is 11.6 Å². The summed E-state index contributed by atoms with van der Waals surface area (Å²) < 4.78 is 5.53. The van der Waals surface area contributed by atoms with Crippen LogP contribution in [0, 0.1) is 5.92 Å². The third-order valence-electron chi connectivity index (χ3n) is 5.04. The fourth-order valence-corrected chi connectivity index (χ4v) is 3.47. The lowest BCUT2D eigenvalue weighted by atomic mass is 10.0. The summed E-state index contributed by atoms with van der Waals surface area (Å²) in [5.74, 6) is -2.00. The molecule has 0 spiro atoms. The molecule has 0 radical (unpaired) electrons. The number of amides is 2. The highest BCUT2D eigenvalue weighted by atomic mass is 16.6. The van der Waals surface area contributed by atoms with Crippen molar-refractivity contribution in [3.8, 4) is 11.1 Å². The van der Waals surface area contributed by atoms with E-state index in [4.69, 9.17) is 9.84 Å². The molecule has 1 unspecified atom stereocenters. The first-order valence-corrected chi connectivity index (χ1v) is 11.7. The van der Waals surface area contributed by atoms with Crippen molar-refractivity contribution < 1.29 is 29.3 Å². The molecule has 0 bridgehead atoms. The van der Waals surface area contributed by atoms with Crippen LogP contribution in [0.1, 0.15) is 40.2 Å². The maximum atomic E-state index is 13.0. The van der Waals surface area contributed by atoms with Gasteiger partial charge < -0.3 is 25.2 Å². The Labute approximate surface area is 206 Å². The van der Waals surface area contributed by atoms with Gasteiger partial charge in [0, 0.05) is 13.0 Å². The van der Waals surface area contributed by atoms with Crippen LogP contribution < -0.4 is 5.32 Å². The van der Waals surface area contributed by atoms with Crippen molar-refractivity contribution in [3.05, 3.63) is 60.2 Å². The monoisotopic (exact) mass is 484 g/mol. The van der Waals surface area contributed by atoms with Crippen molar-refractivity contribution in [3.63, 3.8) is 0 Å². The van der Waals surface area contributed by atoms with E-state index in [9.17, 15) is 19.5 Å². The molecule has 2 amide bonds. The summed E-state index contributed by atoms with van der Waals surface area (Å²) >= 11 is 0. The van der Waals surface area contributed by atoms with Gasteiger partial charge in [-0.15, -0.1) is 0 Å². The summed E-state index contributed by atoms with van der Waals surface area (Å²) in [5, 5.41) is 21.6. The summed E-state index contributed by atoms with van der Waals surface area (Å²) in [6.45, 7) is 8.78. The minimum Gasteiger partial charge on any atom is -0.479 e. The highest BCUT2D eigenvalue weighted by Gasteiger charge is 2.30. The van der Waals surface area contributed by atoms with E-state index in [0.717, 1.165) is 16.7 Å². The van der Waals surface area contributed by atoms with E-state index in [1.807, 2.05) is 68.4 Å². The maximum absolute atomic E-state index is 13.0. The minimum absolute atomic E-state index is 0.0206. The molecule has 0 aromatic heterocycles. The molecular weight excluding hydrogens is 448 g/mol. The standard InChI is InChI=1S/C27H36N2O6/c1-18(2)16-29(17-23(30)24(31)32)26(34)28-22(25(33)35-27(3,4)5)15-19-11-13-21(14-12-19)20-9-7-6-8-10-20/h6-14,18,22-23,30H,15-17H2,1-5H3,(H,28,34)(H,31,32)/t22-,23?/m0/s1. The number of urea groups is 1. The van der Waals surface area contributed by atoms with Crippen LogP contribution in [0.3, 0.4) is 0 Å². The Bertz CT molecular complexity index is 983. The van der Waals surface area contributed by atoms with Gasteiger partial charge in [0.05, 0.1) is 6.54 Å². The van der Waals surface area contributed by atoms with Gasteiger partial charge in [0.2, 0.25) is 0 Å². The first kappa shape index (κ1) is 27.9. The van der Waals surface area contributed by atoms with Crippen molar-refractivity contribution >= 4 is 18.0 Å². The van der Waals surface area contributed by atoms with Gasteiger partial charge in [0.15, 0.2) is 6.10 Å². The van der Waals surface area contributed by atoms with Gasteiger partial charge in [-0.05, 0) is 43.4 Å². The lowest BCUT2D eigenvalue weighted by molar-refractivity contribution is -0.157. The van der Waals surface area contributed by atoms with Crippen molar-refractivity contribution in [1.29, 1.82) is 0 Å². The Morgan fingerprint density at radius 1 is 0.943 bits per heavy atom. The van der Waals surface area contributed by atoms with Crippen LogP contribution in [-0.2, 0) is 20.7 Å². The summed E-state index contributed by atoms with van der Waals surface area (Å²) in [6, 6.07) is 15.9. The number of aliphatic carboxylic acids is 1. The third kappa shape index (κ3) is 9.41. The Morgan fingerprint density at radius 2 is 1.51 bits per heavy atom.